The highest BCUT2D eigenvalue weighted by atomic mass is 16.5. The number of nitrogens with two attached hydrogens (primary N) is 1. The van der Waals surface area contributed by atoms with Crippen LogP contribution in [0.15, 0.2) is 24.3 Å². The van der Waals surface area contributed by atoms with E-state index in [1.165, 1.54) is 0 Å². The Morgan fingerprint density at radius 1 is 1.43 bits per heavy atom. The molecule has 2 amide bonds. The second-order valence-corrected chi connectivity index (χ2v) is 5.86. The number of para-hydroxylation sites is 2. The van der Waals surface area contributed by atoms with Gasteiger partial charge >= 0.3 is 0 Å². The molecule has 1 aromatic rings. The Labute approximate surface area is 137 Å². The first-order valence-corrected chi connectivity index (χ1v) is 8.10. The van der Waals surface area contributed by atoms with E-state index in [-0.39, 0.29) is 24.3 Å². The molecule has 2 unspecified atom stereocenters. The fraction of sp³-hybridized carbons (Fsp3) is 0.529. The molecule has 6 nitrogen and oxygen atoms in total. The minimum Gasteiger partial charge on any atom is -0.482 e. The monoisotopic (exact) mass is 319 g/mol. The van der Waals surface area contributed by atoms with Crippen LogP contribution in [-0.4, -0.2) is 37.6 Å². The third-order valence-corrected chi connectivity index (χ3v) is 4.23. The van der Waals surface area contributed by atoms with E-state index in [4.69, 9.17) is 10.5 Å². The first kappa shape index (κ1) is 17.3. The van der Waals surface area contributed by atoms with Gasteiger partial charge in [0.2, 0.25) is 5.91 Å². The smallest absolute Gasteiger partial charge is 0.265 e. The highest BCUT2D eigenvalue weighted by Gasteiger charge is 2.24. The van der Waals surface area contributed by atoms with Gasteiger partial charge in [-0.05, 0) is 24.5 Å². The second kappa shape index (κ2) is 7.97. The number of anilines is 1. The van der Waals surface area contributed by atoms with Crippen molar-refractivity contribution in [3.8, 4) is 5.75 Å². The van der Waals surface area contributed by atoms with Crippen molar-refractivity contribution in [2.24, 2.45) is 11.7 Å². The molecule has 1 aliphatic heterocycles. The Morgan fingerprint density at radius 3 is 2.91 bits per heavy atom. The molecule has 0 aromatic heterocycles. The predicted molar refractivity (Wildman–Crippen MR) is 89.3 cm³/mol. The van der Waals surface area contributed by atoms with Gasteiger partial charge in [-0.3, -0.25) is 9.59 Å². The van der Waals surface area contributed by atoms with E-state index in [1.807, 2.05) is 38.1 Å². The van der Waals surface area contributed by atoms with Gasteiger partial charge < -0.3 is 20.7 Å². The van der Waals surface area contributed by atoms with Crippen LogP contribution in [0.3, 0.4) is 0 Å². The zero-order valence-electron chi connectivity index (χ0n) is 13.7. The molecule has 23 heavy (non-hydrogen) atoms. The van der Waals surface area contributed by atoms with Crippen LogP contribution < -0.4 is 20.7 Å². The summed E-state index contributed by atoms with van der Waals surface area (Å²) >= 11 is 0. The number of nitrogens with zero attached hydrogens (tertiary/aromatic N) is 1. The molecule has 1 aromatic carbocycles. The number of benzene rings is 1. The van der Waals surface area contributed by atoms with Crippen LogP contribution in [0.1, 0.15) is 26.7 Å². The maximum atomic E-state index is 12.0. The van der Waals surface area contributed by atoms with E-state index in [0.717, 1.165) is 17.9 Å². The molecule has 6 heteroatoms. The summed E-state index contributed by atoms with van der Waals surface area (Å²) in [5, 5.41) is 2.84. The Balaban J connectivity index is 1.83. The zero-order valence-corrected chi connectivity index (χ0v) is 13.7. The van der Waals surface area contributed by atoms with Crippen molar-refractivity contribution in [3.63, 3.8) is 0 Å². The lowest BCUT2D eigenvalue weighted by Gasteiger charge is -2.29. The lowest BCUT2D eigenvalue weighted by molar-refractivity contribution is -0.123. The van der Waals surface area contributed by atoms with Gasteiger partial charge in [0.25, 0.3) is 5.91 Å². The third kappa shape index (κ3) is 4.22. The molecule has 0 saturated heterocycles. The largest absolute Gasteiger partial charge is 0.482 e. The standard InChI is InChI=1S/C17H25N3O3/c1-3-12(2)16(18)17(22)19-9-6-10-20-13-7-4-5-8-14(13)23-11-15(20)21/h4-5,7-8,12,16H,3,6,9-11,18H2,1-2H3,(H,19,22). The van der Waals surface area contributed by atoms with E-state index in [9.17, 15) is 9.59 Å². The molecule has 0 spiro atoms. The third-order valence-electron chi connectivity index (χ3n) is 4.23. The maximum absolute atomic E-state index is 12.0. The summed E-state index contributed by atoms with van der Waals surface area (Å²) < 4.78 is 5.40. The highest BCUT2D eigenvalue weighted by molar-refractivity contribution is 5.97. The number of carbonyl (C=O) groups excluding carboxylic acids is 2. The van der Waals surface area contributed by atoms with Gasteiger partial charge in [-0.15, -0.1) is 0 Å². The number of carbonyl (C=O) groups is 2. The lowest BCUT2D eigenvalue weighted by Crippen LogP contribution is -2.45. The molecule has 2 rings (SSSR count). The van der Waals surface area contributed by atoms with Crippen molar-refractivity contribution in [1.82, 2.24) is 5.32 Å². The first-order valence-electron chi connectivity index (χ1n) is 8.10. The molecule has 0 aliphatic carbocycles. The molecule has 0 radical (unpaired) electrons. The number of fused-ring (bicyclic) bond motifs is 1. The van der Waals surface area contributed by atoms with Gasteiger partial charge in [-0.1, -0.05) is 32.4 Å². The van der Waals surface area contributed by atoms with E-state index in [0.29, 0.717) is 19.5 Å². The van der Waals surface area contributed by atoms with E-state index in [2.05, 4.69) is 5.32 Å². The Morgan fingerprint density at radius 2 is 2.17 bits per heavy atom. The summed E-state index contributed by atoms with van der Waals surface area (Å²) in [7, 11) is 0. The topological polar surface area (TPSA) is 84.7 Å². The number of ether oxygens (including phenoxy) is 1. The van der Waals surface area contributed by atoms with Gasteiger partial charge in [0.05, 0.1) is 11.7 Å². The SMILES string of the molecule is CCC(C)C(N)C(=O)NCCCN1C(=O)COc2ccccc21. The minimum absolute atomic E-state index is 0.0578. The molecule has 1 aliphatic rings. The van der Waals surface area contributed by atoms with E-state index in [1.54, 1.807) is 4.90 Å². The Hall–Kier alpha value is -2.08. The minimum atomic E-state index is -0.481. The second-order valence-electron chi connectivity index (χ2n) is 5.86. The average molecular weight is 319 g/mol. The molecule has 1 heterocycles. The molecule has 0 saturated carbocycles. The van der Waals surface area contributed by atoms with Crippen LogP contribution in [-0.2, 0) is 9.59 Å². The molecular weight excluding hydrogens is 294 g/mol. The van der Waals surface area contributed by atoms with Crippen molar-refractivity contribution < 1.29 is 14.3 Å². The summed E-state index contributed by atoms with van der Waals surface area (Å²) in [5.74, 6) is 0.678. The van der Waals surface area contributed by atoms with Crippen LogP contribution in [0.5, 0.6) is 5.75 Å². The average Bonchev–Trinajstić information content (AvgIpc) is 2.58. The lowest BCUT2D eigenvalue weighted by atomic mass is 9.99. The fourth-order valence-corrected chi connectivity index (χ4v) is 2.48. The Bertz CT molecular complexity index is 562. The van der Waals surface area contributed by atoms with Crippen LogP contribution in [0.4, 0.5) is 5.69 Å². The van der Waals surface area contributed by atoms with Crippen LogP contribution in [0.2, 0.25) is 0 Å². The quantitative estimate of drug-likeness (QED) is 0.742. The van der Waals surface area contributed by atoms with Crippen molar-refractivity contribution in [2.45, 2.75) is 32.7 Å². The van der Waals surface area contributed by atoms with Gasteiger partial charge in [0.1, 0.15) is 5.75 Å². The predicted octanol–water partition coefficient (Wildman–Crippen LogP) is 1.29. The molecule has 0 bridgehead atoms. The highest BCUT2D eigenvalue weighted by Crippen LogP contribution is 2.31. The number of hydrogen-bond donors (Lipinski definition) is 2. The number of hydrogen-bond acceptors (Lipinski definition) is 4. The van der Waals surface area contributed by atoms with E-state index < -0.39 is 6.04 Å². The van der Waals surface area contributed by atoms with Crippen molar-refractivity contribution in [3.05, 3.63) is 24.3 Å². The van der Waals surface area contributed by atoms with E-state index >= 15 is 0 Å². The summed E-state index contributed by atoms with van der Waals surface area (Å²) in [4.78, 5) is 25.6. The summed E-state index contributed by atoms with van der Waals surface area (Å²) in [6.07, 6.45) is 1.53. The number of nitrogens with one attached hydrogen (secondary N) is 1. The molecule has 0 fully saturated rings. The van der Waals surface area contributed by atoms with Crippen molar-refractivity contribution in [1.29, 1.82) is 0 Å². The number of rotatable bonds is 7. The van der Waals surface area contributed by atoms with Crippen molar-refractivity contribution in [2.75, 3.05) is 24.6 Å². The molecular formula is C17H25N3O3. The first-order chi connectivity index (χ1) is 11.0. The zero-order chi connectivity index (χ0) is 16.8. The Kier molecular flexibility index (Phi) is 5.98. The summed E-state index contributed by atoms with van der Waals surface area (Å²) in [5.41, 5.74) is 6.67. The van der Waals surface area contributed by atoms with Gasteiger partial charge in [0, 0.05) is 13.1 Å². The van der Waals surface area contributed by atoms with Gasteiger partial charge in [-0.25, -0.2) is 0 Å². The molecule has 126 valence electrons. The van der Waals surface area contributed by atoms with Crippen LogP contribution >= 0.6 is 0 Å². The summed E-state index contributed by atoms with van der Waals surface area (Å²) in [6.45, 7) is 5.07. The van der Waals surface area contributed by atoms with Crippen LogP contribution in [0, 0.1) is 5.92 Å². The van der Waals surface area contributed by atoms with Crippen LogP contribution in [0.25, 0.3) is 0 Å². The maximum Gasteiger partial charge on any atom is 0.265 e. The van der Waals surface area contributed by atoms with Gasteiger partial charge in [-0.2, -0.15) is 0 Å². The number of amides is 2. The fourth-order valence-electron chi connectivity index (χ4n) is 2.48. The molecule has 2 atom stereocenters. The van der Waals surface area contributed by atoms with Crippen molar-refractivity contribution >= 4 is 17.5 Å². The molecule has 3 N–H and O–H groups in total. The normalized spacial score (nSPS) is 16.3. The van der Waals surface area contributed by atoms with Gasteiger partial charge in [0.15, 0.2) is 6.61 Å². The summed E-state index contributed by atoms with van der Waals surface area (Å²) in [6, 6.07) is 6.99.